The number of piperidine rings is 1. The Morgan fingerprint density at radius 1 is 0.947 bits per heavy atom. The molecule has 1 N–H and O–H groups in total. The van der Waals surface area contributed by atoms with Gasteiger partial charge in [0.2, 0.25) is 5.91 Å². The van der Waals surface area contributed by atoms with Crippen LogP contribution in [-0.4, -0.2) is 51.4 Å². The Bertz CT molecular complexity index is 1390. The summed E-state index contributed by atoms with van der Waals surface area (Å²) in [6, 6.07) is 19.1. The minimum absolute atomic E-state index is 0.0262. The fraction of sp³-hybridized carbons (Fsp3) is 0.286. The summed E-state index contributed by atoms with van der Waals surface area (Å²) in [5, 5.41) is 3.15. The molecule has 0 bridgehead atoms. The largest absolute Gasteiger partial charge is 0.492 e. The normalized spacial score (nSPS) is 13.6. The number of sulfonamides is 1. The average molecular weight is 556 g/mol. The number of anilines is 2. The molecule has 3 aromatic rings. The van der Waals surface area contributed by atoms with Crippen molar-refractivity contribution in [1.82, 2.24) is 4.90 Å². The van der Waals surface area contributed by atoms with E-state index in [1.807, 2.05) is 0 Å². The lowest BCUT2D eigenvalue weighted by atomic mass is 10.1. The summed E-state index contributed by atoms with van der Waals surface area (Å²) in [5.41, 5.74) is 0.914. The topological polar surface area (TPSA) is 96.0 Å². The molecule has 2 amide bonds. The summed E-state index contributed by atoms with van der Waals surface area (Å²) in [6.45, 7) is 2.90. The van der Waals surface area contributed by atoms with Gasteiger partial charge in [0.25, 0.3) is 15.9 Å². The first kappa shape index (κ1) is 27.5. The van der Waals surface area contributed by atoms with Gasteiger partial charge in [0.15, 0.2) is 0 Å². The molecule has 0 atom stereocenters. The minimum Gasteiger partial charge on any atom is -0.492 e. The lowest BCUT2D eigenvalue weighted by molar-refractivity contribution is -0.114. The zero-order valence-electron chi connectivity index (χ0n) is 21.1. The zero-order chi connectivity index (χ0) is 27.1. The van der Waals surface area contributed by atoms with Crippen LogP contribution >= 0.6 is 11.6 Å². The van der Waals surface area contributed by atoms with Crippen LogP contribution in [0.4, 0.5) is 11.4 Å². The molecule has 1 saturated heterocycles. The number of nitrogens with one attached hydrogen (secondary N) is 1. The Hall–Kier alpha value is -3.56. The Labute approximate surface area is 228 Å². The Morgan fingerprint density at radius 3 is 2.32 bits per heavy atom. The van der Waals surface area contributed by atoms with E-state index < -0.39 is 22.5 Å². The second-order valence-corrected chi connectivity index (χ2v) is 11.1. The SMILES string of the molecule is CCOc1ccccc1N(CC(=O)Nc1ccccc1C(=O)N1CCCCC1)S(=O)(=O)c1ccc(Cl)cc1. The van der Waals surface area contributed by atoms with E-state index in [0.717, 1.165) is 23.6 Å². The second-order valence-electron chi connectivity index (χ2n) is 8.81. The zero-order valence-corrected chi connectivity index (χ0v) is 22.7. The number of hydrogen-bond donors (Lipinski definition) is 1. The third-order valence-corrected chi connectivity index (χ3v) is 8.22. The van der Waals surface area contributed by atoms with E-state index in [9.17, 15) is 18.0 Å². The van der Waals surface area contributed by atoms with Crippen molar-refractivity contribution in [2.45, 2.75) is 31.1 Å². The van der Waals surface area contributed by atoms with E-state index in [1.165, 1.54) is 24.3 Å². The van der Waals surface area contributed by atoms with Gasteiger partial charge >= 0.3 is 0 Å². The highest BCUT2D eigenvalue weighted by atomic mass is 35.5. The molecule has 200 valence electrons. The molecule has 1 fully saturated rings. The molecule has 0 aromatic heterocycles. The predicted molar refractivity (Wildman–Crippen MR) is 148 cm³/mol. The molecule has 38 heavy (non-hydrogen) atoms. The van der Waals surface area contributed by atoms with Crippen molar-refractivity contribution >= 4 is 44.8 Å². The second kappa shape index (κ2) is 12.3. The number of carbonyl (C=O) groups is 2. The van der Waals surface area contributed by atoms with Crippen LogP contribution in [0.3, 0.4) is 0 Å². The van der Waals surface area contributed by atoms with Crippen LogP contribution in [0.2, 0.25) is 5.02 Å². The molecule has 0 spiro atoms. The van der Waals surface area contributed by atoms with E-state index in [2.05, 4.69) is 5.32 Å². The molecule has 0 radical (unpaired) electrons. The van der Waals surface area contributed by atoms with Gasteiger partial charge in [-0.2, -0.15) is 0 Å². The van der Waals surface area contributed by atoms with Crippen molar-refractivity contribution in [1.29, 1.82) is 0 Å². The molecular weight excluding hydrogens is 526 g/mol. The molecule has 8 nitrogen and oxygen atoms in total. The van der Waals surface area contributed by atoms with Gasteiger partial charge in [-0.15, -0.1) is 0 Å². The van der Waals surface area contributed by atoms with Crippen molar-refractivity contribution in [2.24, 2.45) is 0 Å². The molecule has 4 rings (SSSR count). The van der Waals surface area contributed by atoms with Crippen molar-refractivity contribution < 1.29 is 22.7 Å². The number of halogens is 1. The molecule has 1 aliphatic heterocycles. The lowest BCUT2D eigenvalue weighted by Crippen LogP contribution is -2.39. The van der Waals surface area contributed by atoms with Gasteiger partial charge in [-0.3, -0.25) is 13.9 Å². The number of likely N-dealkylation sites (tertiary alicyclic amines) is 1. The highest BCUT2D eigenvalue weighted by molar-refractivity contribution is 7.92. The van der Waals surface area contributed by atoms with E-state index in [1.54, 1.807) is 60.4 Å². The fourth-order valence-corrected chi connectivity index (χ4v) is 5.90. The van der Waals surface area contributed by atoms with Gasteiger partial charge in [0, 0.05) is 18.1 Å². The van der Waals surface area contributed by atoms with Crippen molar-refractivity contribution in [2.75, 3.05) is 35.9 Å². The van der Waals surface area contributed by atoms with Crippen molar-refractivity contribution in [3.8, 4) is 5.75 Å². The van der Waals surface area contributed by atoms with Gasteiger partial charge in [0.1, 0.15) is 12.3 Å². The number of hydrogen-bond acceptors (Lipinski definition) is 5. The van der Waals surface area contributed by atoms with Crippen LogP contribution in [0, 0.1) is 0 Å². The summed E-state index contributed by atoms with van der Waals surface area (Å²) < 4.78 is 34.2. The standard InChI is InChI=1S/C28H30ClN3O5S/c1-2-37-26-13-7-6-12-25(26)32(38(35,36)22-16-14-21(29)15-17-22)20-27(33)30-24-11-5-4-10-23(24)28(34)31-18-8-3-9-19-31/h4-7,10-17H,2-3,8-9,18-20H2,1H3,(H,30,33). The average Bonchev–Trinajstić information content (AvgIpc) is 2.93. The maximum absolute atomic E-state index is 13.8. The quantitative estimate of drug-likeness (QED) is 0.391. The first-order chi connectivity index (χ1) is 18.3. The number of amides is 2. The molecule has 1 heterocycles. The van der Waals surface area contributed by atoms with Crippen molar-refractivity contribution in [3.05, 3.63) is 83.4 Å². The molecular formula is C28H30ClN3O5S. The number of ether oxygens (including phenoxy) is 1. The van der Waals surface area contributed by atoms with Crippen LogP contribution in [0.25, 0.3) is 0 Å². The Morgan fingerprint density at radius 2 is 1.61 bits per heavy atom. The third-order valence-electron chi connectivity index (χ3n) is 6.20. The van der Waals surface area contributed by atoms with E-state index >= 15 is 0 Å². The molecule has 0 aliphatic carbocycles. The third kappa shape index (κ3) is 6.28. The molecule has 0 unspecified atom stereocenters. The number of benzene rings is 3. The van der Waals surface area contributed by atoms with Gasteiger partial charge in [0.05, 0.1) is 28.4 Å². The molecule has 1 aliphatic rings. The lowest BCUT2D eigenvalue weighted by Gasteiger charge is -2.28. The van der Waals surface area contributed by atoms with Crippen LogP contribution in [0.5, 0.6) is 5.75 Å². The van der Waals surface area contributed by atoms with Crippen LogP contribution < -0.4 is 14.4 Å². The van der Waals surface area contributed by atoms with E-state index in [0.29, 0.717) is 41.7 Å². The summed E-state index contributed by atoms with van der Waals surface area (Å²) in [5.74, 6) is -0.443. The van der Waals surface area contributed by atoms with Gasteiger partial charge in [-0.25, -0.2) is 8.42 Å². The minimum atomic E-state index is -4.18. The summed E-state index contributed by atoms with van der Waals surface area (Å²) in [7, 11) is -4.18. The highest BCUT2D eigenvalue weighted by Crippen LogP contribution is 2.33. The van der Waals surface area contributed by atoms with Gasteiger partial charge in [-0.1, -0.05) is 35.9 Å². The Kier molecular flexibility index (Phi) is 8.91. The first-order valence-electron chi connectivity index (χ1n) is 12.5. The number of nitrogens with zero attached hydrogens (tertiary/aromatic N) is 2. The van der Waals surface area contributed by atoms with E-state index in [4.69, 9.17) is 16.3 Å². The van der Waals surface area contributed by atoms with Crippen LogP contribution in [0.1, 0.15) is 36.5 Å². The van der Waals surface area contributed by atoms with Gasteiger partial charge < -0.3 is 15.0 Å². The number of rotatable bonds is 9. The summed E-state index contributed by atoms with van der Waals surface area (Å²) in [6.07, 6.45) is 2.97. The highest BCUT2D eigenvalue weighted by Gasteiger charge is 2.30. The molecule has 10 heteroatoms. The van der Waals surface area contributed by atoms with Crippen LogP contribution in [-0.2, 0) is 14.8 Å². The maximum atomic E-state index is 13.8. The fourth-order valence-electron chi connectivity index (χ4n) is 4.34. The predicted octanol–water partition coefficient (Wildman–Crippen LogP) is 5.20. The first-order valence-corrected chi connectivity index (χ1v) is 14.3. The molecule has 3 aromatic carbocycles. The maximum Gasteiger partial charge on any atom is 0.264 e. The summed E-state index contributed by atoms with van der Waals surface area (Å²) in [4.78, 5) is 28.3. The van der Waals surface area contributed by atoms with Gasteiger partial charge in [-0.05, 0) is 74.7 Å². The summed E-state index contributed by atoms with van der Waals surface area (Å²) >= 11 is 5.97. The Balaban J connectivity index is 1.65. The van der Waals surface area contributed by atoms with E-state index in [-0.39, 0.29) is 16.5 Å². The smallest absolute Gasteiger partial charge is 0.264 e. The number of para-hydroxylation sites is 3. The van der Waals surface area contributed by atoms with Crippen LogP contribution in [0.15, 0.2) is 77.7 Å². The monoisotopic (exact) mass is 555 g/mol. The van der Waals surface area contributed by atoms with Crippen molar-refractivity contribution in [3.63, 3.8) is 0 Å². The number of carbonyl (C=O) groups excluding carboxylic acids is 2. The molecule has 0 saturated carbocycles.